The fourth-order valence-electron chi connectivity index (χ4n) is 3.75. The van der Waals surface area contributed by atoms with E-state index >= 15 is 0 Å². The summed E-state index contributed by atoms with van der Waals surface area (Å²) in [6, 6.07) is 6.61. The van der Waals surface area contributed by atoms with Crippen molar-refractivity contribution in [2.45, 2.75) is 45.8 Å². The van der Waals surface area contributed by atoms with Crippen molar-refractivity contribution in [3.63, 3.8) is 0 Å². The zero-order valence-electron chi connectivity index (χ0n) is 18.2. The summed E-state index contributed by atoms with van der Waals surface area (Å²) < 4.78 is 5.41. The van der Waals surface area contributed by atoms with Gasteiger partial charge in [0.1, 0.15) is 5.60 Å². The van der Waals surface area contributed by atoms with Crippen LogP contribution in [-0.2, 0) is 22.5 Å². The van der Waals surface area contributed by atoms with Crippen molar-refractivity contribution in [3.05, 3.63) is 46.6 Å². The van der Waals surface area contributed by atoms with E-state index < -0.39 is 23.5 Å². The van der Waals surface area contributed by atoms with Crippen LogP contribution in [0.4, 0.5) is 10.6 Å². The fourth-order valence-corrected chi connectivity index (χ4v) is 3.75. The van der Waals surface area contributed by atoms with E-state index in [-0.39, 0.29) is 18.9 Å². The maximum atomic E-state index is 12.5. The van der Waals surface area contributed by atoms with Crippen molar-refractivity contribution in [3.8, 4) is 0 Å². The molecule has 4 amide bonds. The van der Waals surface area contributed by atoms with Gasteiger partial charge in [-0.1, -0.05) is 12.1 Å². The van der Waals surface area contributed by atoms with E-state index in [0.717, 1.165) is 16.2 Å². The molecule has 2 aliphatic heterocycles. The lowest BCUT2D eigenvalue weighted by molar-refractivity contribution is -0.116. The van der Waals surface area contributed by atoms with E-state index in [9.17, 15) is 19.2 Å². The van der Waals surface area contributed by atoms with E-state index in [2.05, 4.69) is 15.5 Å². The van der Waals surface area contributed by atoms with Crippen LogP contribution in [-0.4, -0.2) is 62.5 Å². The molecule has 1 aromatic carbocycles. The molecule has 0 saturated heterocycles. The van der Waals surface area contributed by atoms with Crippen LogP contribution in [0.25, 0.3) is 0 Å². The summed E-state index contributed by atoms with van der Waals surface area (Å²) >= 11 is 0. The lowest BCUT2D eigenvalue weighted by atomic mass is 10.1. The van der Waals surface area contributed by atoms with Crippen molar-refractivity contribution >= 4 is 29.6 Å². The predicted octanol–water partition coefficient (Wildman–Crippen LogP) is 2.33. The van der Waals surface area contributed by atoms with Crippen molar-refractivity contribution < 1.29 is 23.9 Å². The third kappa shape index (κ3) is 4.20. The number of ether oxygens (including phenoxy) is 1. The lowest BCUT2D eigenvalue weighted by Crippen LogP contribution is -2.40. The first-order valence-corrected chi connectivity index (χ1v) is 10.4. The first kappa shape index (κ1) is 21.5. The van der Waals surface area contributed by atoms with Gasteiger partial charge < -0.3 is 15.0 Å². The molecule has 0 aliphatic carbocycles. The molecule has 0 spiro atoms. The van der Waals surface area contributed by atoms with Crippen molar-refractivity contribution in [2.24, 2.45) is 0 Å². The number of H-pyrrole nitrogens is 1. The molecule has 10 nitrogen and oxygen atoms in total. The third-order valence-corrected chi connectivity index (χ3v) is 5.28. The SMILES string of the molecule is CC(C)(C)OC(=O)N1CCc2c(NC(=O)CCN3C(=O)c4ccccc4C3=O)n[nH]c2C1. The molecule has 0 atom stereocenters. The van der Waals surface area contributed by atoms with E-state index in [1.807, 2.05) is 20.8 Å². The third-order valence-electron chi connectivity index (χ3n) is 5.28. The zero-order valence-corrected chi connectivity index (χ0v) is 18.2. The van der Waals surface area contributed by atoms with Crippen molar-refractivity contribution in [1.82, 2.24) is 20.0 Å². The number of hydrogen-bond donors (Lipinski definition) is 2. The quantitative estimate of drug-likeness (QED) is 0.705. The summed E-state index contributed by atoms with van der Waals surface area (Å²) in [7, 11) is 0. The van der Waals surface area contributed by atoms with Crippen LogP contribution >= 0.6 is 0 Å². The molecule has 0 unspecified atom stereocenters. The molecular weight excluding hydrogens is 414 g/mol. The number of carbonyl (C=O) groups excluding carboxylic acids is 4. The summed E-state index contributed by atoms with van der Waals surface area (Å²) in [5.41, 5.74) is 1.70. The van der Waals surface area contributed by atoms with Crippen LogP contribution in [0.1, 0.15) is 59.2 Å². The Morgan fingerprint density at radius 3 is 2.44 bits per heavy atom. The van der Waals surface area contributed by atoms with Gasteiger partial charge in [0.15, 0.2) is 5.82 Å². The highest BCUT2D eigenvalue weighted by molar-refractivity contribution is 6.21. The van der Waals surface area contributed by atoms with E-state index in [0.29, 0.717) is 36.5 Å². The minimum absolute atomic E-state index is 0.0167. The number of rotatable bonds is 4. The van der Waals surface area contributed by atoms with Gasteiger partial charge in [-0.05, 0) is 39.3 Å². The highest BCUT2D eigenvalue weighted by atomic mass is 16.6. The van der Waals surface area contributed by atoms with Gasteiger partial charge >= 0.3 is 6.09 Å². The second-order valence-corrected chi connectivity index (χ2v) is 8.79. The number of fused-ring (bicyclic) bond motifs is 2. The van der Waals surface area contributed by atoms with Crippen LogP contribution < -0.4 is 5.32 Å². The number of aromatic nitrogens is 2. The average molecular weight is 439 g/mol. The monoisotopic (exact) mass is 439 g/mol. The Morgan fingerprint density at radius 1 is 1.16 bits per heavy atom. The molecule has 2 N–H and O–H groups in total. The van der Waals surface area contributed by atoms with Crippen molar-refractivity contribution in [2.75, 3.05) is 18.4 Å². The smallest absolute Gasteiger partial charge is 0.410 e. The maximum absolute atomic E-state index is 12.5. The number of amides is 4. The lowest BCUT2D eigenvalue weighted by Gasteiger charge is -2.29. The number of nitrogens with zero attached hydrogens (tertiary/aromatic N) is 3. The normalized spacial score (nSPS) is 15.5. The number of carbonyl (C=O) groups is 4. The number of benzene rings is 1. The minimum Gasteiger partial charge on any atom is -0.444 e. The molecule has 168 valence electrons. The molecule has 0 fully saturated rings. The highest BCUT2D eigenvalue weighted by Crippen LogP contribution is 2.26. The Kier molecular flexibility index (Phi) is 5.45. The zero-order chi connectivity index (χ0) is 23.0. The summed E-state index contributed by atoms with van der Waals surface area (Å²) in [4.78, 5) is 52.3. The number of hydrogen-bond acceptors (Lipinski definition) is 6. The molecule has 2 aromatic rings. The summed E-state index contributed by atoms with van der Waals surface area (Å²) in [5.74, 6) is -0.739. The molecule has 0 saturated carbocycles. The topological polar surface area (TPSA) is 125 Å². The molecule has 2 aliphatic rings. The first-order valence-electron chi connectivity index (χ1n) is 10.4. The van der Waals surface area contributed by atoms with Gasteiger partial charge in [-0.25, -0.2) is 4.79 Å². The Morgan fingerprint density at radius 2 is 1.81 bits per heavy atom. The van der Waals surface area contributed by atoms with Crippen LogP contribution in [0.15, 0.2) is 24.3 Å². The maximum Gasteiger partial charge on any atom is 0.410 e. The standard InChI is InChI=1S/C22H25N5O5/c1-22(2,3)32-21(31)26-10-8-15-16(12-26)24-25-18(15)23-17(28)9-11-27-19(29)13-6-4-5-7-14(13)20(27)30/h4-7H,8-12H2,1-3H3,(H2,23,24,25,28). The Labute approximate surface area is 184 Å². The number of nitrogens with one attached hydrogen (secondary N) is 2. The van der Waals surface area contributed by atoms with E-state index in [4.69, 9.17) is 4.74 Å². The summed E-state index contributed by atoms with van der Waals surface area (Å²) in [5, 5.41) is 9.78. The largest absolute Gasteiger partial charge is 0.444 e. The molecule has 3 heterocycles. The van der Waals surface area contributed by atoms with Crippen LogP contribution in [0.3, 0.4) is 0 Å². The average Bonchev–Trinajstić information content (AvgIpc) is 3.24. The molecule has 0 bridgehead atoms. The van der Waals surface area contributed by atoms with Crippen LogP contribution in [0.5, 0.6) is 0 Å². The fraction of sp³-hybridized carbons (Fsp3) is 0.409. The molecule has 1 aromatic heterocycles. The van der Waals surface area contributed by atoms with Gasteiger partial charge in [0.2, 0.25) is 5.91 Å². The number of anilines is 1. The van der Waals surface area contributed by atoms with E-state index in [1.54, 1.807) is 29.2 Å². The second-order valence-electron chi connectivity index (χ2n) is 8.79. The predicted molar refractivity (Wildman–Crippen MR) is 114 cm³/mol. The number of imide groups is 1. The Bertz CT molecular complexity index is 1070. The van der Waals surface area contributed by atoms with Crippen LogP contribution in [0.2, 0.25) is 0 Å². The minimum atomic E-state index is -0.579. The molecule has 32 heavy (non-hydrogen) atoms. The van der Waals surface area contributed by atoms with Gasteiger partial charge in [-0.2, -0.15) is 5.10 Å². The first-order chi connectivity index (χ1) is 15.1. The van der Waals surface area contributed by atoms with Crippen molar-refractivity contribution in [1.29, 1.82) is 0 Å². The van der Waals surface area contributed by atoms with Gasteiger partial charge in [0, 0.05) is 25.1 Å². The van der Waals surface area contributed by atoms with Gasteiger partial charge in [0.25, 0.3) is 11.8 Å². The Hall–Kier alpha value is -3.69. The molecule has 0 radical (unpaired) electrons. The summed E-state index contributed by atoms with van der Waals surface area (Å²) in [6.45, 7) is 6.17. The molecule has 4 rings (SSSR count). The van der Waals surface area contributed by atoms with Crippen LogP contribution in [0, 0.1) is 0 Å². The van der Waals surface area contributed by atoms with E-state index in [1.165, 1.54) is 0 Å². The second kappa shape index (κ2) is 8.10. The highest BCUT2D eigenvalue weighted by Gasteiger charge is 2.35. The Balaban J connectivity index is 1.34. The van der Waals surface area contributed by atoms with Gasteiger partial charge in [0.05, 0.1) is 23.4 Å². The number of aromatic amines is 1. The molecule has 10 heteroatoms. The summed E-state index contributed by atoms with van der Waals surface area (Å²) in [6.07, 6.45) is 0.0697. The van der Waals surface area contributed by atoms with Gasteiger partial charge in [-0.3, -0.25) is 24.4 Å². The van der Waals surface area contributed by atoms with Gasteiger partial charge in [-0.15, -0.1) is 0 Å². The molecular formula is C22H25N5O5.